The van der Waals surface area contributed by atoms with Crippen LogP contribution in [0.15, 0.2) is 48.5 Å². The fourth-order valence-corrected chi connectivity index (χ4v) is 2.34. The van der Waals surface area contributed by atoms with E-state index in [2.05, 4.69) is 4.90 Å². The zero-order valence-corrected chi connectivity index (χ0v) is 11.9. The monoisotopic (exact) mass is 277 g/mol. The molecule has 2 aromatic rings. The predicted molar refractivity (Wildman–Crippen MR) is 79.4 cm³/mol. The first-order chi connectivity index (χ1) is 9.08. The van der Waals surface area contributed by atoms with Crippen LogP contribution >= 0.6 is 11.6 Å². The number of halogens is 2. The molecule has 1 nitrogen and oxygen atoms in total. The van der Waals surface area contributed by atoms with Crippen LogP contribution < -0.4 is 4.90 Å². The summed E-state index contributed by atoms with van der Waals surface area (Å²) in [5, 5.41) is -0.162. The average molecular weight is 278 g/mol. The molecule has 1 unspecified atom stereocenters. The largest absolute Gasteiger partial charge is 0.373 e. The summed E-state index contributed by atoms with van der Waals surface area (Å²) in [5.74, 6) is -0.191. The summed E-state index contributed by atoms with van der Waals surface area (Å²) in [6.07, 6.45) is 0. The Morgan fingerprint density at radius 3 is 2.47 bits per heavy atom. The third-order valence-corrected chi connectivity index (χ3v) is 3.56. The second-order valence-corrected chi connectivity index (χ2v) is 5.22. The highest BCUT2D eigenvalue weighted by Crippen LogP contribution is 2.25. The van der Waals surface area contributed by atoms with E-state index < -0.39 is 0 Å². The highest BCUT2D eigenvalue weighted by Gasteiger charge is 2.12. The van der Waals surface area contributed by atoms with Gasteiger partial charge in [-0.25, -0.2) is 4.39 Å². The molecule has 0 heterocycles. The predicted octanol–water partition coefficient (Wildman–Crippen LogP) is 4.55. The molecule has 3 heteroatoms. The molecule has 0 aliphatic carbocycles. The topological polar surface area (TPSA) is 3.24 Å². The van der Waals surface area contributed by atoms with Gasteiger partial charge in [-0.15, -0.1) is 11.6 Å². The molecule has 19 heavy (non-hydrogen) atoms. The highest BCUT2D eigenvalue weighted by molar-refractivity contribution is 6.21. The van der Waals surface area contributed by atoms with E-state index in [-0.39, 0.29) is 11.2 Å². The van der Waals surface area contributed by atoms with E-state index in [1.54, 1.807) is 13.0 Å². The normalized spacial score (nSPS) is 12.2. The fraction of sp³-hybridized carbons (Fsp3) is 0.250. The Hall–Kier alpha value is -1.54. The summed E-state index contributed by atoms with van der Waals surface area (Å²) in [5.41, 5.74) is 2.70. The van der Waals surface area contributed by atoms with E-state index in [1.165, 1.54) is 6.07 Å². The maximum Gasteiger partial charge on any atom is 0.126 e. The quantitative estimate of drug-likeness (QED) is 0.741. The number of rotatable bonds is 4. The lowest BCUT2D eigenvalue weighted by Gasteiger charge is -2.22. The Morgan fingerprint density at radius 1 is 1.16 bits per heavy atom. The van der Waals surface area contributed by atoms with E-state index in [9.17, 15) is 4.39 Å². The molecule has 0 fully saturated rings. The first-order valence-corrected chi connectivity index (χ1v) is 6.68. The van der Waals surface area contributed by atoms with Gasteiger partial charge in [0.1, 0.15) is 5.82 Å². The Bertz CT molecular complexity index is 542. The zero-order valence-electron chi connectivity index (χ0n) is 11.1. The Morgan fingerprint density at radius 2 is 1.84 bits per heavy atom. The number of hydrogen-bond donors (Lipinski definition) is 0. The average Bonchev–Trinajstić information content (AvgIpc) is 2.42. The van der Waals surface area contributed by atoms with Crippen molar-refractivity contribution in [3.63, 3.8) is 0 Å². The lowest BCUT2D eigenvalue weighted by molar-refractivity contribution is 0.617. The molecular formula is C16H17ClFN. The summed E-state index contributed by atoms with van der Waals surface area (Å²) in [4.78, 5) is 2.09. The van der Waals surface area contributed by atoms with Gasteiger partial charge in [-0.2, -0.15) is 0 Å². The molecule has 0 aromatic heterocycles. The SMILES string of the molecule is Cc1cc(C(Cl)CN(C)c2ccccc2)ccc1F. The molecule has 0 amide bonds. The van der Waals surface area contributed by atoms with Gasteiger partial charge in [-0.3, -0.25) is 0 Å². The zero-order chi connectivity index (χ0) is 13.8. The minimum Gasteiger partial charge on any atom is -0.373 e. The second-order valence-electron chi connectivity index (χ2n) is 4.69. The Labute approximate surface area is 118 Å². The first-order valence-electron chi connectivity index (χ1n) is 6.24. The van der Waals surface area contributed by atoms with Crippen molar-refractivity contribution in [2.24, 2.45) is 0 Å². The van der Waals surface area contributed by atoms with Crippen LogP contribution in [-0.4, -0.2) is 13.6 Å². The summed E-state index contributed by atoms with van der Waals surface area (Å²) in [7, 11) is 2.00. The van der Waals surface area contributed by atoms with Gasteiger partial charge in [-0.1, -0.05) is 30.3 Å². The molecule has 0 N–H and O–H groups in total. The van der Waals surface area contributed by atoms with Crippen molar-refractivity contribution >= 4 is 17.3 Å². The number of alkyl halides is 1. The van der Waals surface area contributed by atoms with Gasteiger partial charge in [0.15, 0.2) is 0 Å². The van der Waals surface area contributed by atoms with Crippen LogP contribution in [0.1, 0.15) is 16.5 Å². The van der Waals surface area contributed by atoms with Crippen LogP contribution in [0, 0.1) is 12.7 Å². The second kappa shape index (κ2) is 6.07. The fourth-order valence-electron chi connectivity index (χ4n) is 2.00. The van der Waals surface area contributed by atoms with Gasteiger partial charge in [-0.05, 0) is 36.2 Å². The van der Waals surface area contributed by atoms with Gasteiger partial charge in [0, 0.05) is 19.3 Å². The molecule has 0 saturated heterocycles. The molecule has 0 saturated carbocycles. The minimum absolute atomic E-state index is 0.162. The maximum atomic E-state index is 13.2. The van der Waals surface area contributed by atoms with Crippen molar-refractivity contribution in [3.8, 4) is 0 Å². The van der Waals surface area contributed by atoms with E-state index >= 15 is 0 Å². The molecule has 2 aromatic carbocycles. The van der Waals surface area contributed by atoms with Gasteiger partial charge in [0.25, 0.3) is 0 Å². The van der Waals surface area contributed by atoms with Crippen LogP contribution in [0.25, 0.3) is 0 Å². The van der Waals surface area contributed by atoms with Crippen LogP contribution in [0.2, 0.25) is 0 Å². The van der Waals surface area contributed by atoms with Crippen molar-refractivity contribution in [2.45, 2.75) is 12.3 Å². The van der Waals surface area contributed by atoms with E-state index in [1.807, 2.05) is 43.4 Å². The van der Waals surface area contributed by atoms with Gasteiger partial charge < -0.3 is 4.90 Å². The number of para-hydroxylation sites is 1. The summed E-state index contributed by atoms with van der Waals surface area (Å²) < 4.78 is 13.2. The molecular weight excluding hydrogens is 261 g/mol. The molecule has 0 spiro atoms. The number of benzene rings is 2. The summed E-state index contributed by atoms with van der Waals surface area (Å²) in [6, 6.07) is 15.1. The Kier molecular flexibility index (Phi) is 4.43. The van der Waals surface area contributed by atoms with Gasteiger partial charge >= 0.3 is 0 Å². The van der Waals surface area contributed by atoms with E-state index in [4.69, 9.17) is 11.6 Å². The lowest BCUT2D eigenvalue weighted by atomic mass is 10.1. The van der Waals surface area contributed by atoms with Crippen molar-refractivity contribution in [3.05, 3.63) is 65.5 Å². The van der Waals surface area contributed by atoms with E-state index in [0.29, 0.717) is 12.1 Å². The number of hydrogen-bond acceptors (Lipinski definition) is 1. The number of anilines is 1. The molecule has 0 aliphatic rings. The lowest BCUT2D eigenvalue weighted by Crippen LogP contribution is -2.21. The standard InChI is InChI=1S/C16H17ClFN/c1-12-10-13(8-9-16(12)18)15(17)11-19(2)14-6-4-3-5-7-14/h3-10,15H,11H2,1-2H3. The summed E-state index contributed by atoms with van der Waals surface area (Å²) >= 11 is 6.41. The molecule has 2 rings (SSSR count). The van der Waals surface area contributed by atoms with Crippen molar-refractivity contribution in [1.82, 2.24) is 0 Å². The molecule has 0 bridgehead atoms. The van der Waals surface area contributed by atoms with E-state index in [0.717, 1.165) is 11.3 Å². The number of likely N-dealkylation sites (N-methyl/N-ethyl adjacent to an activating group) is 1. The minimum atomic E-state index is -0.191. The Balaban J connectivity index is 2.08. The van der Waals surface area contributed by atoms with Crippen LogP contribution in [0.4, 0.5) is 10.1 Å². The van der Waals surface area contributed by atoms with Gasteiger partial charge in [0.05, 0.1) is 5.38 Å². The molecule has 0 aliphatic heterocycles. The third kappa shape index (κ3) is 3.48. The molecule has 100 valence electrons. The molecule has 1 atom stereocenters. The van der Waals surface area contributed by atoms with Crippen LogP contribution in [-0.2, 0) is 0 Å². The van der Waals surface area contributed by atoms with Crippen molar-refractivity contribution < 1.29 is 4.39 Å². The molecule has 0 radical (unpaired) electrons. The number of aryl methyl sites for hydroxylation is 1. The smallest absolute Gasteiger partial charge is 0.126 e. The first kappa shape index (κ1) is 13.9. The van der Waals surface area contributed by atoms with Crippen LogP contribution in [0.5, 0.6) is 0 Å². The van der Waals surface area contributed by atoms with Crippen molar-refractivity contribution in [1.29, 1.82) is 0 Å². The number of nitrogens with zero attached hydrogens (tertiary/aromatic N) is 1. The third-order valence-electron chi connectivity index (χ3n) is 3.17. The van der Waals surface area contributed by atoms with Gasteiger partial charge in [0.2, 0.25) is 0 Å². The van der Waals surface area contributed by atoms with Crippen molar-refractivity contribution in [2.75, 3.05) is 18.5 Å². The van der Waals surface area contributed by atoms with Crippen LogP contribution in [0.3, 0.4) is 0 Å². The maximum absolute atomic E-state index is 13.2. The highest BCUT2D eigenvalue weighted by atomic mass is 35.5. The summed E-state index contributed by atoms with van der Waals surface area (Å²) in [6.45, 7) is 2.43.